The Morgan fingerprint density at radius 2 is 2.07 bits per heavy atom. The molecule has 2 atom stereocenters. The van der Waals surface area contributed by atoms with Crippen LogP contribution >= 0.6 is 0 Å². The van der Waals surface area contributed by atoms with Crippen molar-refractivity contribution in [1.82, 2.24) is 4.90 Å². The lowest BCUT2D eigenvalue weighted by atomic mass is 9.89. The van der Waals surface area contributed by atoms with E-state index >= 15 is 0 Å². The second kappa shape index (κ2) is 3.21. The maximum atomic E-state index is 9.52. The van der Waals surface area contributed by atoms with Crippen molar-refractivity contribution in [2.24, 2.45) is 10.8 Å². The Kier molecular flexibility index (Phi) is 2.39. The molecule has 2 nitrogen and oxygen atoms in total. The van der Waals surface area contributed by atoms with Gasteiger partial charge >= 0.3 is 0 Å². The van der Waals surface area contributed by atoms with E-state index in [0.29, 0.717) is 12.0 Å². The van der Waals surface area contributed by atoms with Gasteiger partial charge in [0.15, 0.2) is 0 Å². The van der Waals surface area contributed by atoms with Gasteiger partial charge in [-0.2, -0.15) is 0 Å². The Morgan fingerprint density at radius 3 is 2.43 bits per heavy atom. The Labute approximate surface area is 87.3 Å². The summed E-state index contributed by atoms with van der Waals surface area (Å²) < 4.78 is 0. The first-order valence-electron chi connectivity index (χ1n) is 5.82. The zero-order chi connectivity index (χ0) is 10.4. The second-order valence-electron chi connectivity index (χ2n) is 5.98. The van der Waals surface area contributed by atoms with E-state index in [1.165, 1.54) is 32.2 Å². The van der Waals surface area contributed by atoms with Crippen molar-refractivity contribution in [3.63, 3.8) is 0 Å². The monoisotopic (exact) mass is 197 g/mol. The van der Waals surface area contributed by atoms with Crippen LogP contribution in [0, 0.1) is 10.8 Å². The normalized spacial score (nSPS) is 41.6. The van der Waals surface area contributed by atoms with Crippen LogP contribution in [0.15, 0.2) is 0 Å². The lowest BCUT2D eigenvalue weighted by Crippen LogP contribution is -2.30. The van der Waals surface area contributed by atoms with Gasteiger partial charge in [-0.1, -0.05) is 13.8 Å². The van der Waals surface area contributed by atoms with Gasteiger partial charge in [0.05, 0.1) is 0 Å². The van der Waals surface area contributed by atoms with Gasteiger partial charge in [0.2, 0.25) is 0 Å². The number of hydrogen-bond acceptors (Lipinski definition) is 2. The summed E-state index contributed by atoms with van der Waals surface area (Å²) in [7, 11) is 2.22. The highest BCUT2D eigenvalue weighted by Gasteiger charge is 2.61. The van der Waals surface area contributed by atoms with Gasteiger partial charge in [-0.3, -0.25) is 0 Å². The Bertz CT molecular complexity index is 226. The highest BCUT2D eigenvalue weighted by Crippen LogP contribution is 2.66. The van der Waals surface area contributed by atoms with E-state index < -0.39 is 0 Å². The van der Waals surface area contributed by atoms with Gasteiger partial charge in [-0.05, 0) is 44.7 Å². The van der Waals surface area contributed by atoms with Gasteiger partial charge in [-0.15, -0.1) is 0 Å². The van der Waals surface area contributed by atoms with Crippen molar-refractivity contribution in [2.45, 2.75) is 45.6 Å². The van der Waals surface area contributed by atoms with Gasteiger partial charge in [0.25, 0.3) is 0 Å². The van der Waals surface area contributed by atoms with E-state index in [9.17, 15) is 5.11 Å². The summed E-state index contributed by atoms with van der Waals surface area (Å²) in [5.74, 6) is 0. The third-order valence-corrected chi connectivity index (χ3v) is 4.69. The molecule has 1 saturated carbocycles. The van der Waals surface area contributed by atoms with E-state index in [1.807, 2.05) is 0 Å². The Hall–Kier alpha value is -0.0800. The number of aliphatic hydroxyl groups is 1. The fraction of sp³-hybridized carbons (Fsp3) is 1.00. The third kappa shape index (κ3) is 1.49. The predicted molar refractivity (Wildman–Crippen MR) is 58.2 cm³/mol. The summed E-state index contributed by atoms with van der Waals surface area (Å²) in [5, 5.41) is 9.52. The third-order valence-electron chi connectivity index (χ3n) is 4.69. The van der Waals surface area contributed by atoms with Gasteiger partial charge in [0.1, 0.15) is 0 Å². The van der Waals surface area contributed by atoms with E-state index in [2.05, 4.69) is 25.8 Å². The quantitative estimate of drug-likeness (QED) is 0.746. The first-order chi connectivity index (χ1) is 6.51. The number of nitrogens with zero attached hydrogens (tertiary/aromatic N) is 1. The molecule has 0 radical (unpaired) electrons. The molecule has 0 aromatic heterocycles. The molecule has 1 aliphatic heterocycles. The molecule has 82 valence electrons. The molecule has 1 aliphatic carbocycles. The SMILES string of the molecule is CN1CCCC1CC1(CO)CC1(C)C. The van der Waals surface area contributed by atoms with Gasteiger partial charge < -0.3 is 10.0 Å². The zero-order valence-electron chi connectivity index (χ0n) is 9.71. The smallest absolute Gasteiger partial charge is 0.0493 e. The summed E-state index contributed by atoms with van der Waals surface area (Å²) in [4.78, 5) is 2.46. The largest absolute Gasteiger partial charge is 0.396 e. The number of rotatable bonds is 3. The molecule has 2 fully saturated rings. The molecular weight excluding hydrogens is 174 g/mol. The summed E-state index contributed by atoms with van der Waals surface area (Å²) in [6, 6.07) is 0.726. The van der Waals surface area contributed by atoms with Gasteiger partial charge in [-0.25, -0.2) is 0 Å². The molecule has 0 bridgehead atoms. The highest BCUT2D eigenvalue weighted by atomic mass is 16.3. The molecule has 1 saturated heterocycles. The fourth-order valence-electron chi connectivity index (χ4n) is 3.17. The fourth-order valence-corrected chi connectivity index (χ4v) is 3.17. The van der Waals surface area contributed by atoms with Crippen LogP contribution in [0.4, 0.5) is 0 Å². The van der Waals surface area contributed by atoms with Crippen LogP contribution < -0.4 is 0 Å². The van der Waals surface area contributed by atoms with E-state index in [0.717, 1.165) is 6.04 Å². The predicted octanol–water partition coefficient (Wildman–Crippen LogP) is 1.88. The summed E-state index contributed by atoms with van der Waals surface area (Å²) in [6.07, 6.45) is 5.07. The summed E-state index contributed by atoms with van der Waals surface area (Å²) >= 11 is 0. The van der Waals surface area contributed by atoms with Crippen molar-refractivity contribution in [3.8, 4) is 0 Å². The van der Waals surface area contributed by atoms with Crippen LogP contribution in [0.3, 0.4) is 0 Å². The van der Waals surface area contributed by atoms with Crippen LogP contribution in [0.2, 0.25) is 0 Å². The zero-order valence-corrected chi connectivity index (χ0v) is 9.71. The van der Waals surface area contributed by atoms with Crippen molar-refractivity contribution in [2.75, 3.05) is 20.2 Å². The second-order valence-corrected chi connectivity index (χ2v) is 5.98. The van der Waals surface area contributed by atoms with Crippen molar-refractivity contribution in [3.05, 3.63) is 0 Å². The van der Waals surface area contributed by atoms with Crippen LogP contribution in [0.25, 0.3) is 0 Å². The minimum Gasteiger partial charge on any atom is -0.396 e. The minimum absolute atomic E-state index is 0.246. The maximum absolute atomic E-state index is 9.52. The molecule has 0 spiro atoms. The topological polar surface area (TPSA) is 23.5 Å². The Balaban J connectivity index is 1.97. The standard InChI is InChI=1S/C12H23NO/c1-11(2)8-12(11,9-14)7-10-5-4-6-13(10)3/h10,14H,4-9H2,1-3H3. The molecule has 2 unspecified atom stereocenters. The van der Waals surface area contributed by atoms with Crippen LogP contribution in [-0.2, 0) is 0 Å². The molecule has 2 heteroatoms. The number of likely N-dealkylation sites (tertiary alicyclic amines) is 1. The summed E-state index contributed by atoms with van der Waals surface area (Å²) in [5.41, 5.74) is 0.626. The molecule has 0 aromatic carbocycles. The van der Waals surface area contributed by atoms with Gasteiger partial charge in [0, 0.05) is 18.1 Å². The molecule has 2 rings (SSSR count). The average Bonchev–Trinajstić information content (AvgIpc) is 2.44. The molecule has 1 N–H and O–H groups in total. The molecule has 2 aliphatic rings. The minimum atomic E-state index is 0.246. The Morgan fingerprint density at radius 1 is 1.43 bits per heavy atom. The van der Waals surface area contributed by atoms with Crippen molar-refractivity contribution in [1.29, 1.82) is 0 Å². The lowest BCUT2D eigenvalue weighted by molar-refractivity contribution is 0.138. The van der Waals surface area contributed by atoms with E-state index in [4.69, 9.17) is 0 Å². The molecular formula is C12H23NO. The molecule has 14 heavy (non-hydrogen) atoms. The highest BCUT2D eigenvalue weighted by molar-refractivity contribution is 5.10. The molecule has 0 amide bonds. The van der Waals surface area contributed by atoms with Crippen LogP contribution in [0.1, 0.15) is 39.5 Å². The van der Waals surface area contributed by atoms with Crippen molar-refractivity contribution < 1.29 is 5.11 Å². The number of aliphatic hydroxyl groups excluding tert-OH is 1. The average molecular weight is 197 g/mol. The first kappa shape index (κ1) is 10.4. The lowest BCUT2D eigenvalue weighted by Gasteiger charge is -2.26. The van der Waals surface area contributed by atoms with E-state index in [-0.39, 0.29) is 5.41 Å². The van der Waals surface area contributed by atoms with Crippen molar-refractivity contribution >= 4 is 0 Å². The summed E-state index contributed by atoms with van der Waals surface area (Å²) in [6.45, 7) is 6.20. The van der Waals surface area contributed by atoms with Crippen LogP contribution in [-0.4, -0.2) is 36.2 Å². The first-order valence-corrected chi connectivity index (χ1v) is 5.82. The molecule has 1 heterocycles. The maximum Gasteiger partial charge on any atom is 0.0493 e. The van der Waals surface area contributed by atoms with E-state index in [1.54, 1.807) is 0 Å². The molecule has 0 aromatic rings. The van der Waals surface area contributed by atoms with Crippen LogP contribution in [0.5, 0.6) is 0 Å². The number of hydrogen-bond donors (Lipinski definition) is 1.